The molecule has 2 N–H and O–H groups in total. The normalized spacial score (nSPS) is 20.4. The Bertz CT molecular complexity index is 645. The minimum Gasteiger partial charge on any atom is -0.355 e. The number of benzene rings is 1. The zero-order valence-corrected chi connectivity index (χ0v) is 14.6. The van der Waals surface area contributed by atoms with Crippen LogP contribution in [-0.2, 0) is 10.0 Å². The SMILES string of the molecule is CNC(=O)c1ccc(S(=O)(=O)NCC2CN(C)CCN2C)cc1. The van der Waals surface area contributed by atoms with Crippen molar-refractivity contribution in [3.05, 3.63) is 29.8 Å². The number of carbonyl (C=O) groups is 1. The van der Waals surface area contributed by atoms with Gasteiger partial charge in [0, 0.05) is 44.8 Å². The Kier molecular flexibility index (Phi) is 5.74. The number of hydrogen-bond acceptors (Lipinski definition) is 5. The van der Waals surface area contributed by atoms with Gasteiger partial charge in [0.1, 0.15) is 0 Å². The van der Waals surface area contributed by atoms with E-state index in [9.17, 15) is 13.2 Å². The molecule has 1 aliphatic rings. The number of sulfonamides is 1. The Hall–Kier alpha value is -1.48. The summed E-state index contributed by atoms with van der Waals surface area (Å²) in [6.45, 7) is 3.10. The van der Waals surface area contributed by atoms with Crippen LogP contribution in [0, 0.1) is 0 Å². The summed E-state index contributed by atoms with van der Waals surface area (Å²) in [4.78, 5) is 16.0. The van der Waals surface area contributed by atoms with Gasteiger partial charge in [0.05, 0.1) is 4.90 Å². The first-order chi connectivity index (χ1) is 10.8. The third-order valence-electron chi connectivity index (χ3n) is 4.14. The van der Waals surface area contributed by atoms with Crippen molar-refractivity contribution >= 4 is 15.9 Å². The van der Waals surface area contributed by atoms with Gasteiger partial charge in [0.2, 0.25) is 10.0 Å². The van der Waals surface area contributed by atoms with E-state index in [1.807, 2.05) is 14.1 Å². The summed E-state index contributed by atoms with van der Waals surface area (Å²) in [7, 11) is 2.00. The molecule has 1 aromatic rings. The van der Waals surface area contributed by atoms with E-state index in [0.29, 0.717) is 12.1 Å². The van der Waals surface area contributed by atoms with Crippen LogP contribution in [0.15, 0.2) is 29.2 Å². The zero-order valence-electron chi connectivity index (χ0n) is 13.7. The smallest absolute Gasteiger partial charge is 0.251 e. The Morgan fingerprint density at radius 2 is 1.87 bits per heavy atom. The summed E-state index contributed by atoms with van der Waals surface area (Å²) in [5, 5.41) is 2.50. The molecule has 1 saturated heterocycles. The highest BCUT2D eigenvalue weighted by atomic mass is 32.2. The lowest BCUT2D eigenvalue weighted by atomic mass is 10.2. The molecule has 1 unspecified atom stereocenters. The van der Waals surface area contributed by atoms with Gasteiger partial charge in [-0.25, -0.2) is 13.1 Å². The average molecular weight is 340 g/mol. The van der Waals surface area contributed by atoms with Crippen LogP contribution in [0.4, 0.5) is 0 Å². The molecule has 1 atom stereocenters. The van der Waals surface area contributed by atoms with E-state index in [2.05, 4.69) is 19.8 Å². The van der Waals surface area contributed by atoms with Gasteiger partial charge in [-0.3, -0.25) is 9.69 Å². The van der Waals surface area contributed by atoms with Gasteiger partial charge < -0.3 is 10.2 Å². The summed E-state index contributed by atoms with van der Waals surface area (Å²) >= 11 is 0. The number of nitrogens with one attached hydrogen (secondary N) is 2. The van der Waals surface area contributed by atoms with Crippen LogP contribution >= 0.6 is 0 Å². The molecule has 0 radical (unpaired) electrons. The fourth-order valence-corrected chi connectivity index (χ4v) is 3.61. The maximum Gasteiger partial charge on any atom is 0.251 e. The Morgan fingerprint density at radius 3 is 2.48 bits per heavy atom. The molecule has 0 spiro atoms. The van der Waals surface area contributed by atoms with E-state index in [1.54, 1.807) is 0 Å². The van der Waals surface area contributed by atoms with Gasteiger partial charge in [-0.2, -0.15) is 0 Å². The van der Waals surface area contributed by atoms with Gasteiger partial charge in [-0.15, -0.1) is 0 Å². The lowest BCUT2D eigenvalue weighted by Gasteiger charge is -2.37. The second-order valence-corrected chi connectivity index (χ2v) is 7.62. The molecule has 23 heavy (non-hydrogen) atoms. The standard InChI is InChI=1S/C15H24N4O3S/c1-16-15(20)12-4-6-14(7-5-12)23(21,22)17-10-13-11-18(2)8-9-19(13)3/h4-7,13,17H,8-11H2,1-3H3,(H,16,20). The number of nitrogens with zero attached hydrogens (tertiary/aromatic N) is 2. The van der Waals surface area contributed by atoms with Crippen molar-refractivity contribution < 1.29 is 13.2 Å². The minimum absolute atomic E-state index is 0.147. The predicted molar refractivity (Wildman–Crippen MR) is 88.9 cm³/mol. The van der Waals surface area contributed by atoms with Crippen LogP contribution in [0.25, 0.3) is 0 Å². The molecular weight excluding hydrogens is 316 g/mol. The molecule has 0 aliphatic carbocycles. The van der Waals surface area contributed by atoms with E-state index in [0.717, 1.165) is 19.6 Å². The fraction of sp³-hybridized carbons (Fsp3) is 0.533. The third kappa shape index (κ3) is 4.51. The van der Waals surface area contributed by atoms with Crippen LogP contribution in [0.1, 0.15) is 10.4 Å². The van der Waals surface area contributed by atoms with Gasteiger partial charge in [-0.1, -0.05) is 0 Å². The summed E-state index contributed by atoms with van der Waals surface area (Å²) < 4.78 is 27.4. The average Bonchev–Trinajstić information content (AvgIpc) is 2.55. The van der Waals surface area contributed by atoms with E-state index in [4.69, 9.17) is 0 Å². The summed E-state index contributed by atoms with van der Waals surface area (Å²) in [5.41, 5.74) is 0.431. The summed E-state index contributed by atoms with van der Waals surface area (Å²) in [5.74, 6) is -0.242. The van der Waals surface area contributed by atoms with Crippen molar-refractivity contribution in [2.24, 2.45) is 0 Å². The van der Waals surface area contributed by atoms with E-state index < -0.39 is 10.0 Å². The van der Waals surface area contributed by atoms with Gasteiger partial charge in [0.15, 0.2) is 0 Å². The third-order valence-corrected chi connectivity index (χ3v) is 5.58. The monoisotopic (exact) mass is 340 g/mol. The van der Waals surface area contributed by atoms with Gasteiger partial charge >= 0.3 is 0 Å². The van der Waals surface area contributed by atoms with Crippen LogP contribution < -0.4 is 10.0 Å². The molecule has 8 heteroatoms. The lowest BCUT2D eigenvalue weighted by Crippen LogP contribution is -2.54. The van der Waals surface area contributed by atoms with E-state index >= 15 is 0 Å². The van der Waals surface area contributed by atoms with Crippen molar-refractivity contribution in [2.45, 2.75) is 10.9 Å². The maximum absolute atomic E-state index is 12.4. The topological polar surface area (TPSA) is 81.7 Å². The molecule has 0 aromatic heterocycles. The van der Waals surface area contributed by atoms with Crippen molar-refractivity contribution in [3.63, 3.8) is 0 Å². The van der Waals surface area contributed by atoms with E-state index in [-0.39, 0.29) is 16.8 Å². The van der Waals surface area contributed by atoms with Crippen molar-refractivity contribution in [1.82, 2.24) is 19.8 Å². The van der Waals surface area contributed by atoms with Crippen LogP contribution in [0.2, 0.25) is 0 Å². The number of rotatable bonds is 5. The fourth-order valence-electron chi connectivity index (χ4n) is 2.54. The Labute approximate surface area is 137 Å². The second-order valence-electron chi connectivity index (χ2n) is 5.85. The predicted octanol–water partition coefficient (Wildman–Crippen LogP) is -0.430. The highest BCUT2D eigenvalue weighted by Gasteiger charge is 2.24. The molecule has 1 fully saturated rings. The molecule has 128 valence electrons. The number of likely N-dealkylation sites (N-methyl/N-ethyl adjacent to an activating group) is 2. The Morgan fingerprint density at radius 1 is 1.22 bits per heavy atom. The molecule has 2 rings (SSSR count). The van der Waals surface area contributed by atoms with E-state index in [1.165, 1.54) is 31.3 Å². The van der Waals surface area contributed by atoms with Crippen molar-refractivity contribution in [2.75, 3.05) is 47.3 Å². The molecule has 1 aliphatic heterocycles. The zero-order chi connectivity index (χ0) is 17.0. The number of amides is 1. The molecule has 7 nitrogen and oxygen atoms in total. The quantitative estimate of drug-likeness (QED) is 0.760. The summed E-state index contributed by atoms with van der Waals surface area (Å²) in [6.07, 6.45) is 0. The molecule has 1 heterocycles. The second kappa shape index (κ2) is 7.39. The van der Waals surface area contributed by atoms with Gasteiger partial charge in [-0.05, 0) is 38.4 Å². The number of carbonyl (C=O) groups excluding carboxylic acids is 1. The first kappa shape index (κ1) is 17.9. The van der Waals surface area contributed by atoms with Crippen molar-refractivity contribution in [1.29, 1.82) is 0 Å². The van der Waals surface area contributed by atoms with Crippen LogP contribution in [0.5, 0.6) is 0 Å². The first-order valence-corrected chi connectivity index (χ1v) is 9.02. The Balaban J connectivity index is 2.02. The summed E-state index contributed by atoms with van der Waals surface area (Å²) in [6, 6.07) is 6.06. The number of piperazine rings is 1. The highest BCUT2D eigenvalue weighted by molar-refractivity contribution is 7.89. The maximum atomic E-state index is 12.4. The molecular formula is C15H24N4O3S. The minimum atomic E-state index is -3.58. The highest BCUT2D eigenvalue weighted by Crippen LogP contribution is 2.12. The van der Waals surface area contributed by atoms with Crippen LogP contribution in [-0.4, -0.2) is 77.5 Å². The lowest BCUT2D eigenvalue weighted by molar-refractivity contribution is 0.0963. The first-order valence-electron chi connectivity index (χ1n) is 7.54. The molecule has 1 aromatic carbocycles. The molecule has 1 amide bonds. The largest absolute Gasteiger partial charge is 0.355 e. The van der Waals surface area contributed by atoms with Crippen molar-refractivity contribution in [3.8, 4) is 0 Å². The number of hydrogen-bond donors (Lipinski definition) is 2. The molecule has 0 saturated carbocycles. The van der Waals surface area contributed by atoms with Crippen LogP contribution in [0.3, 0.4) is 0 Å². The van der Waals surface area contributed by atoms with Gasteiger partial charge in [0.25, 0.3) is 5.91 Å². The molecule has 0 bridgehead atoms.